The van der Waals surface area contributed by atoms with E-state index in [0.29, 0.717) is 18.3 Å². The number of carboxylic acids is 1. The number of hydrogen-bond acceptors (Lipinski definition) is 4. The van der Waals surface area contributed by atoms with Gasteiger partial charge >= 0.3 is 5.97 Å². The molecule has 0 amide bonds. The third kappa shape index (κ3) is 3.91. The van der Waals surface area contributed by atoms with E-state index in [4.69, 9.17) is 4.74 Å². The number of ether oxygens (including phenoxy) is 1. The van der Waals surface area contributed by atoms with Crippen molar-refractivity contribution in [2.45, 2.75) is 32.4 Å². The Morgan fingerprint density at radius 1 is 1.28 bits per heavy atom. The average Bonchev–Trinajstić information content (AvgIpc) is 3.05. The fourth-order valence-corrected chi connectivity index (χ4v) is 3.31. The highest BCUT2D eigenvalue weighted by Crippen LogP contribution is 2.21. The van der Waals surface area contributed by atoms with Crippen molar-refractivity contribution in [2.75, 3.05) is 13.1 Å². The summed E-state index contributed by atoms with van der Waals surface area (Å²) in [6.45, 7) is 4.78. The fraction of sp³-hybridized carbons (Fsp3) is 0.368. The quantitative estimate of drug-likeness (QED) is 0.874. The molecule has 1 saturated heterocycles. The Morgan fingerprint density at radius 2 is 2.04 bits per heavy atom. The molecule has 0 radical (unpaired) electrons. The predicted octanol–water partition coefficient (Wildman–Crippen LogP) is 2.82. The van der Waals surface area contributed by atoms with Gasteiger partial charge in [0.15, 0.2) is 5.75 Å². The van der Waals surface area contributed by atoms with E-state index >= 15 is 0 Å². The molecule has 132 valence electrons. The van der Waals surface area contributed by atoms with Crippen LogP contribution in [0.4, 0.5) is 0 Å². The first kappa shape index (κ1) is 17.2. The number of para-hydroxylation sites is 1. The number of benzene rings is 1. The van der Waals surface area contributed by atoms with Crippen LogP contribution in [0.3, 0.4) is 0 Å². The second-order valence-corrected chi connectivity index (χ2v) is 6.21. The standard InChI is InChI=1S/C19H22N2O4/c1-2-21-10-6-7-14(21)11-20-12-16(19(23)24)18(22)17(13-20)25-15-8-4-3-5-9-15/h3-5,8-9,12-14H,2,6-7,10-11H2,1H3,(H,23,24). The number of hydrogen-bond donors (Lipinski definition) is 1. The lowest BCUT2D eigenvalue weighted by Gasteiger charge is -2.24. The predicted molar refractivity (Wildman–Crippen MR) is 94.4 cm³/mol. The lowest BCUT2D eigenvalue weighted by molar-refractivity contribution is 0.0693. The molecule has 1 aliphatic rings. The first-order valence-corrected chi connectivity index (χ1v) is 8.53. The molecule has 6 heteroatoms. The lowest BCUT2D eigenvalue weighted by atomic mass is 10.2. The molecule has 0 aliphatic carbocycles. The zero-order chi connectivity index (χ0) is 17.8. The van der Waals surface area contributed by atoms with Gasteiger partial charge in [-0.1, -0.05) is 25.1 Å². The first-order chi connectivity index (χ1) is 12.1. The van der Waals surface area contributed by atoms with Crippen LogP contribution in [-0.4, -0.2) is 39.7 Å². The van der Waals surface area contributed by atoms with Gasteiger partial charge in [-0.15, -0.1) is 0 Å². The minimum atomic E-state index is -1.24. The Balaban J connectivity index is 1.93. The van der Waals surface area contributed by atoms with Gasteiger partial charge in [-0.2, -0.15) is 0 Å². The number of aromatic nitrogens is 1. The van der Waals surface area contributed by atoms with Crippen molar-refractivity contribution in [3.8, 4) is 11.5 Å². The number of pyridine rings is 1. The van der Waals surface area contributed by atoms with Crippen molar-refractivity contribution in [1.82, 2.24) is 9.47 Å². The highest BCUT2D eigenvalue weighted by Gasteiger charge is 2.24. The minimum Gasteiger partial charge on any atom is -0.477 e. The smallest absolute Gasteiger partial charge is 0.341 e. The van der Waals surface area contributed by atoms with Crippen LogP contribution in [0.5, 0.6) is 11.5 Å². The maximum Gasteiger partial charge on any atom is 0.341 e. The Kier molecular flexibility index (Phi) is 5.19. The molecule has 1 fully saturated rings. The molecule has 3 rings (SSSR count). The maximum atomic E-state index is 12.4. The van der Waals surface area contributed by atoms with Gasteiger partial charge in [-0.05, 0) is 38.1 Å². The SMILES string of the molecule is CCN1CCCC1Cn1cc(Oc2ccccc2)c(=O)c(C(=O)O)c1. The van der Waals surface area contributed by atoms with Crippen LogP contribution in [0.25, 0.3) is 0 Å². The van der Waals surface area contributed by atoms with Gasteiger partial charge in [0.25, 0.3) is 0 Å². The summed E-state index contributed by atoms with van der Waals surface area (Å²) in [5.41, 5.74) is -0.874. The highest BCUT2D eigenvalue weighted by molar-refractivity contribution is 5.87. The van der Waals surface area contributed by atoms with E-state index in [9.17, 15) is 14.7 Å². The topological polar surface area (TPSA) is 71.8 Å². The largest absolute Gasteiger partial charge is 0.477 e. The molecule has 1 N–H and O–H groups in total. The third-order valence-electron chi connectivity index (χ3n) is 4.57. The van der Waals surface area contributed by atoms with Crippen molar-refractivity contribution in [3.63, 3.8) is 0 Å². The van der Waals surface area contributed by atoms with Crippen molar-refractivity contribution < 1.29 is 14.6 Å². The number of carbonyl (C=O) groups is 1. The zero-order valence-corrected chi connectivity index (χ0v) is 14.2. The Labute approximate surface area is 146 Å². The van der Waals surface area contributed by atoms with Gasteiger partial charge in [0.05, 0.1) is 6.20 Å². The van der Waals surface area contributed by atoms with E-state index < -0.39 is 11.4 Å². The molecule has 25 heavy (non-hydrogen) atoms. The van der Waals surface area contributed by atoms with Gasteiger partial charge < -0.3 is 14.4 Å². The molecule has 0 bridgehead atoms. The van der Waals surface area contributed by atoms with E-state index in [1.807, 2.05) is 6.07 Å². The van der Waals surface area contributed by atoms with Gasteiger partial charge in [-0.25, -0.2) is 4.79 Å². The Bertz CT molecular complexity index is 801. The van der Waals surface area contributed by atoms with Crippen LogP contribution in [0.15, 0.2) is 47.5 Å². The summed E-state index contributed by atoms with van der Waals surface area (Å²) in [6, 6.07) is 9.25. The van der Waals surface area contributed by atoms with E-state index in [1.165, 1.54) is 6.20 Å². The van der Waals surface area contributed by atoms with Crippen molar-refractivity contribution in [1.29, 1.82) is 0 Å². The number of likely N-dealkylation sites (N-methyl/N-ethyl adjacent to an activating group) is 1. The number of rotatable bonds is 6. The molecule has 0 saturated carbocycles. The third-order valence-corrected chi connectivity index (χ3v) is 4.57. The number of nitrogens with zero attached hydrogens (tertiary/aromatic N) is 2. The molecule has 1 atom stereocenters. The van der Waals surface area contributed by atoms with E-state index in [2.05, 4.69) is 11.8 Å². The summed E-state index contributed by atoms with van der Waals surface area (Å²) in [6.07, 6.45) is 5.22. The molecule has 2 aromatic rings. The zero-order valence-electron chi connectivity index (χ0n) is 14.2. The Hall–Kier alpha value is -2.60. The number of carboxylic acid groups (broad SMARTS) is 1. The number of aromatic carboxylic acids is 1. The summed E-state index contributed by atoms with van der Waals surface area (Å²) in [5, 5.41) is 9.36. The van der Waals surface area contributed by atoms with Crippen molar-refractivity contribution in [3.05, 3.63) is 58.5 Å². The monoisotopic (exact) mass is 342 g/mol. The van der Waals surface area contributed by atoms with E-state index in [-0.39, 0.29) is 11.3 Å². The van der Waals surface area contributed by atoms with Crippen LogP contribution in [0.1, 0.15) is 30.1 Å². The summed E-state index contributed by atoms with van der Waals surface area (Å²) >= 11 is 0. The van der Waals surface area contributed by atoms with E-state index in [1.54, 1.807) is 35.0 Å². The van der Waals surface area contributed by atoms with Crippen LogP contribution in [-0.2, 0) is 6.54 Å². The molecular weight excluding hydrogens is 320 g/mol. The first-order valence-electron chi connectivity index (χ1n) is 8.53. The molecule has 1 aromatic carbocycles. The second kappa shape index (κ2) is 7.53. The van der Waals surface area contributed by atoms with Crippen LogP contribution < -0.4 is 10.2 Å². The molecule has 0 spiro atoms. The van der Waals surface area contributed by atoms with Crippen LogP contribution in [0, 0.1) is 0 Å². The highest BCUT2D eigenvalue weighted by atomic mass is 16.5. The van der Waals surface area contributed by atoms with Crippen LogP contribution in [0.2, 0.25) is 0 Å². The summed E-state index contributed by atoms with van der Waals surface area (Å²) < 4.78 is 7.41. The normalized spacial score (nSPS) is 17.6. The molecular formula is C19H22N2O4. The lowest BCUT2D eigenvalue weighted by Crippen LogP contribution is -2.33. The maximum absolute atomic E-state index is 12.4. The summed E-state index contributed by atoms with van der Waals surface area (Å²) in [5.74, 6) is -0.701. The summed E-state index contributed by atoms with van der Waals surface area (Å²) in [7, 11) is 0. The Morgan fingerprint density at radius 3 is 2.72 bits per heavy atom. The van der Waals surface area contributed by atoms with Crippen molar-refractivity contribution >= 4 is 5.97 Å². The minimum absolute atomic E-state index is 0.0344. The van der Waals surface area contributed by atoms with Gasteiger partial charge in [0.1, 0.15) is 11.3 Å². The van der Waals surface area contributed by atoms with Crippen LogP contribution >= 0.6 is 0 Å². The fourth-order valence-electron chi connectivity index (χ4n) is 3.31. The number of likely N-dealkylation sites (tertiary alicyclic amines) is 1. The van der Waals surface area contributed by atoms with Gasteiger partial charge in [0, 0.05) is 18.8 Å². The molecule has 1 aromatic heterocycles. The summed E-state index contributed by atoms with van der Waals surface area (Å²) in [4.78, 5) is 26.2. The van der Waals surface area contributed by atoms with Gasteiger partial charge in [0.2, 0.25) is 5.43 Å². The molecule has 1 aliphatic heterocycles. The molecule has 2 heterocycles. The molecule has 1 unspecified atom stereocenters. The van der Waals surface area contributed by atoms with Crippen molar-refractivity contribution in [2.24, 2.45) is 0 Å². The second-order valence-electron chi connectivity index (χ2n) is 6.21. The average molecular weight is 342 g/mol. The van der Waals surface area contributed by atoms with E-state index in [0.717, 1.165) is 25.9 Å². The molecule has 6 nitrogen and oxygen atoms in total. The van der Waals surface area contributed by atoms with Gasteiger partial charge in [-0.3, -0.25) is 9.69 Å².